The lowest BCUT2D eigenvalue weighted by Gasteiger charge is -2.22. The lowest BCUT2D eigenvalue weighted by molar-refractivity contribution is 0.0648. The van der Waals surface area contributed by atoms with E-state index in [-0.39, 0.29) is 24.8 Å². The van der Waals surface area contributed by atoms with E-state index in [0.29, 0.717) is 18.7 Å². The second-order valence-corrected chi connectivity index (χ2v) is 6.55. The highest BCUT2D eigenvalue weighted by Crippen LogP contribution is 2.30. The summed E-state index contributed by atoms with van der Waals surface area (Å²) >= 11 is 0. The highest BCUT2D eigenvalue weighted by molar-refractivity contribution is 5.93. The summed E-state index contributed by atoms with van der Waals surface area (Å²) < 4.78 is 14.6. The molecule has 1 aliphatic heterocycles. The van der Waals surface area contributed by atoms with Crippen molar-refractivity contribution >= 4 is 5.91 Å². The van der Waals surface area contributed by atoms with Gasteiger partial charge in [0, 0.05) is 19.0 Å². The van der Waals surface area contributed by atoms with Crippen LogP contribution in [-0.4, -0.2) is 44.9 Å². The molecule has 5 radical (unpaired) electrons. The number of hydrogen-bond donors (Lipinski definition) is 1. The minimum Gasteiger partial charge on any atom is -0.389 e. The van der Waals surface area contributed by atoms with Crippen LogP contribution in [0.25, 0.3) is 0 Å². The number of rotatable bonds is 4. The van der Waals surface area contributed by atoms with Crippen molar-refractivity contribution in [2.75, 3.05) is 13.1 Å². The molecule has 2 aliphatic rings. The minimum absolute atomic E-state index is 0.144. The first-order chi connectivity index (χ1) is 12.6. The van der Waals surface area contributed by atoms with E-state index in [1.165, 1.54) is 12.1 Å². The molecule has 1 atom stereocenters. The molecule has 26 heavy (non-hydrogen) atoms. The Labute approximate surface area is 152 Å². The van der Waals surface area contributed by atoms with E-state index in [0.717, 1.165) is 17.2 Å². The molecule has 133 valence electrons. The molecule has 1 fully saturated rings. The van der Waals surface area contributed by atoms with Gasteiger partial charge in [-0.05, 0) is 55.9 Å². The summed E-state index contributed by atoms with van der Waals surface area (Å²) in [4.78, 5) is 14.6. The molecule has 6 heteroatoms. The van der Waals surface area contributed by atoms with Crippen molar-refractivity contribution in [2.45, 2.75) is 19.1 Å². The molecule has 0 bridgehead atoms. The number of hydrogen-bond acceptors (Lipinski definition) is 3. The van der Waals surface area contributed by atoms with Gasteiger partial charge in [0.05, 0.1) is 18.3 Å². The predicted molar refractivity (Wildman–Crippen MR) is 93.8 cm³/mol. The van der Waals surface area contributed by atoms with Crippen LogP contribution in [0.5, 0.6) is 0 Å². The Kier molecular flexibility index (Phi) is 4.76. The fourth-order valence-corrected chi connectivity index (χ4v) is 3.28. The zero-order valence-corrected chi connectivity index (χ0v) is 14.2. The molecule has 1 aromatic carbocycles. The minimum atomic E-state index is -0.680. The SMILES string of the molecule is O=C1c2cc([C]3[CH][CH][CH][CH]3)nn2C[C@H](O)CN1CCc1ccc(F)cc1. The van der Waals surface area contributed by atoms with Gasteiger partial charge < -0.3 is 10.0 Å². The van der Waals surface area contributed by atoms with Crippen molar-refractivity contribution in [1.82, 2.24) is 14.7 Å². The molecule has 2 aromatic rings. The second kappa shape index (κ2) is 7.19. The number of nitrogens with zero attached hydrogens (tertiary/aromatic N) is 3. The zero-order chi connectivity index (χ0) is 18.1. The van der Waals surface area contributed by atoms with Crippen LogP contribution in [0.1, 0.15) is 21.7 Å². The summed E-state index contributed by atoms with van der Waals surface area (Å²) in [6.07, 6.45) is 7.64. The van der Waals surface area contributed by atoms with E-state index in [4.69, 9.17) is 0 Å². The molecule has 1 saturated carbocycles. The van der Waals surface area contributed by atoms with Gasteiger partial charge in [-0.3, -0.25) is 9.48 Å². The molecular formula is C20H19FN3O2. The first kappa shape index (κ1) is 17.2. The van der Waals surface area contributed by atoms with Gasteiger partial charge in [0.25, 0.3) is 5.91 Å². The van der Waals surface area contributed by atoms with Crippen molar-refractivity contribution in [3.63, 3.8) is 0 Å². The number of carbonyl (C=O) groups excluding carboxylic acids is 1. The van der Waals surface area contributed by atoms with Crippen LogP contribution < -0.4 is 0 Å². The van der Waals surface area contributed by atoms with Gasteiger partial charge >= 0.3 is 0 Å². The number of halogens is 1. The standard InChI is InChI=1S/C20H19FN3O2/c21-16-7-5-14(6-8-16)9-10-23-12-17(25)13-24-19(20(23)26)11-18(22-24)15-3-1-2-4-15/h1-8,11,17,25H,9-10,12-13H2/t17-/m1/s1. The second-order valence-electron chi connectivity index (χ2n) is 6.55. The Balaban J connectivity index is 1.51. The average molecular weight is 352 g/mol. The average Bonchev–Trinajstić information content (AvgIpc) is 3.27. The van der Waals surface area contributed by atoms with Gasteiger partial charge in [-0.25, -0.2) is 4.39 Å². The van der Waals surface area contributed by atoms with Gasteiger partial charge in [0.2, 0.25) is 0 Å². The third kappa shape index (κ3) is 3.51. The molecule has 4 rings (SSSR count). The summed E-state index contributed by atoms with van der Waals surface area (Å²) in [7, 11) is 0. The largest absolute Gasteiger partial charge is 0.389 e. The van der Waals surface area contributed by atoms with Gasteiger partial charge in [0.1, 0.15) is 11.5 Å². The molecule has 0 spiro atoms. The van der Waals surface area contributed by atoms with Crippen LogP contribution in [0.4, 0.5) is 4.39 Å². The third-order valence-electron chi connectivity index (χ3n) is 4.64. The highest BCUT2D eigenvalue weighted by atomic mass is 19.1. The number of fused-ring (bicyclic) bond motifs is 1. The van der Waals surface area contributed by atoms with Crippen LogP contribution in [0.15, 0.2) is 30.3 Å². The Morgan fingerprint density at radius 1 is 1.15 bits per heavy atom. The fourth-order valence-electron chi connectivity index (χ4n) is 3.28. The summed E-state index contributed by atoms with van der Waals surface area (Å²) in [6.45, 7) is 1.00. The van der Waals surface area contributed by atoms with Crippen LogP contribution >= 0.6 is 0 Å². The highest BCUT2D eigenvalue weighted by Gasteiger charge is 2.31. The van der Waals surface area contributed by atoms with E-state index < -0.39 is 6.10 Å². The van der Waals surface area contributed by atoms with E-state index in [9.17, 15) is 14.3 Å². The van der Waals surface area contributed by atoms with Gasteiger partial charge in [0.15, 0.2) is 0 Å². The number of amides is 1. The van der Waals surface area contributed by atoms with Crippen LogP contribution in [-0.2, 0) is 13.0 Å². The Morgan fingerprint density at radius 2 is 1.88 bits per heavy atom. The quantitative estimate of drug-likeness (QED) is 0.913. The molecule has 0 saturated heterocycles. The lowest BCUT2D eigenvalue weighted by Crippen LogP contribution is -2.37. The van der Waals surface area contributed by atoms with E-state index >= 15 is 0 Å². The summed E-state index contributed by atoms with van der Waals surface area (Å²) in [5, 5.41) is 14.8. The number of carbonyl (C=O) groups is 1. The first-order valence-electron chi connectivity index (χ1n) is 8.62. The first-order valence-corrected chi connectivity index (χ1v) is 8.62. The summed E-state index contributed by atoms with van der Waals surface area (Å²) in [6, 6.07) is 8.03. The third-order valence-corrected chi connectivity index (χ3v) is 4.64. The van der Waals surface area contributed by atoms with Gasteiger partial charge in [-0.1, -0.05) is 12.1 Å². The van der Waals surface area contributed by atoms with Crippen molar-refractivity contribution in [2.24, 2.45) is 0 Å². The number of aromatic nitrogens is 2. The van der Waals surface area contributed by atoms with Crippen LogP contribution in [0, 0.1) is 37.4 Å². The number of aliphatic hydroxyl groups excluding tert-OH is 1. The van der Waals surface area contributed by atoms with E-state index in [1.54, 1.807) is 27.8 Å². The molecule has 1 N–H and O–H groups in total. The maximum atomic E-state index is 13.0. The Bertz CT molecular complexity index is 781. The van der Waals surface area contributed by atoms with E-state index in [2.05, 4.69) is 5.10 Å². The van der Waals surface area contributed by atoms with E-state index in [1.807, 2.05) is 25.7 Å². The number of β-amino-alcohol motifs (C(OH)–C–C–N with tert-alkyl or cyclic N) is 1. The number of aliphatic hydroxyl groups is 1. The Morgan fingerprint density at radius 3 is 2.62 bits per heavy atom. The van der Waals surface area contributed by atoms with Crippen molar-refractivity contribution in [3.8, 4) is 0 Å². The van der Waals surface area contributed by atoms with Crippen LogP contribution in [0.3, 0.4) is 0 Å². The number of benzene rings is 1. The van der Waals surface area contributed by atoms with Crippen molar-refractivity contribution in [3.05, 3.63) is 84.7 Å². The topological polar surface area (TPSA) is 58.4 Å². The molecule has 2 heterocycles. The zero-order valence-electron chi connectivity index (χ0n) is 14.2. The molecule has 1 aliphatic carbocycles. The maximum absolute atomic E-state index is 13.0. The normalized spacial score (nSPS) is 21.1. The molecule has 5 nitrogen and oxygen atoms in total. The van der Waals surface area contributed by atoms with Gasteiger partial charge in [-0.2, -0.15) is 5.10 Å². The smallest absolute Gasteiger partial charge is 0.272 e. The predicted octanol–water partition coefficient (Wildman–Crippen LogP) is 1.83. The van der Waals surface area contributed by atoms with Crippen molar-refractivity contribution in [1.29, 1.82) is 0 Å². The van der Waals surface area contributed by atoms with Gasteiger partial charge in [-0.15, -0.1) is 0 Å². The van der Waals surface area contributed by atoms with Crippen molar-refractivity contribution < 1.29 is 14.3 Å². The monoisotopic (exact) mass is 352 g/mol. The molecule has 0 unspecified atom stereocenters. The summed E-state index contributed by atoms with van der Waals surface area (Å²) in [5.74, 6) is 0.527. The van der Waals surface area contributed by atoms with Crippen LogP contribution in [0.2, 0.25) is 0 Å². The maximum Gasteiger partial charge on any atom is 0.272 e. The molecule has 1 amide bonds. The fraction of sp³-hybridized carbons (Fsp3) is 0.250. The molecule has 1 aromatic heterocycles. The Hall–Kier alpha value is -2.21. The summed E-state index contributed by atoms with van der Waals surface area (Å²) in [5.41, 5.74) is 2.16. The lowest BCUT2D eigenvalue weighted by atomic mass is 10.0. The molecular weight excluding hydrogens is 333 g/mol.